The highest BCUT2D eigenvalue weighted by Gasteiger charge is 2.26. The summed E-state index contributed by atoms with van der Waals surface area (Å²) >= 11 is 0. The van der Waals surface area contributed by atoms with Crippen molar-refractivity contribution in [3.8, 4) is 5.75 Å². The van der Waals surface area contributed by atoms with Gasteiger partial charge in [0.2, 0.25) is 10.0 Å². The summed E-state index contributed by atoms with van der Waals surface area (Å²) in [5, 5.41) is 2.87. The molecule has 0 saturated carbocycles. The molecule has 0 aliphatic carbocycles. The van der Waals surface area contributed by atoms with Gasteiger partial charge in [-0.25, -0.2) is 8.42 Å². The molecule has 0 aromatic heterocycles. The van der Waals surface area contributed by atoms with Crippen LogP contribution in [0.3, 0.4) is 0 Å². The Morgan fingerprint density at radius 2 is 1.73 bits per heavy atom. The van der Waals surface area contributed by atoms with Crippen LogP contribution >= 0.6 is 0 Å². The zero-order valence-corrected chi connectivity index (χ0v) is 18.5. The molecule has 162 valence electrons. The maximum atomic E-state index is 13.0. The van der Waals surface area contributed by atoms with Crippen molar-refractivity contribution in [3.63, 3.8) is 0 Å². The molecule has 1 N–H and O–H groups in total. The molecule has 0 bridgehead atoms. The third kappa shape index (κ3) is 5.83. The van der Waals surface area contributed by atoms with E-state index in [1.807, 2.05) is 38.1 Å². The van der Waals surface area contributed by atoms with Gasteiger partial charge in [-0.2, -0.15) is 4.31 Å². The fourth-order valence-electron chi connectivity index (χ4n) is 3.43. The number of sulfonamides is 1. The number of carbonyl (C=O) groups is 1. The van der Waals surface area contributed by atoms with Crippen LogP contribution in [0.15, 0.2) is 53.4 Å². The van der Waals surface area contributed by atoms with E-state index in [1.54, 1.807) is 18.2 Å². The van der Waals surface area contributed by atoms with Gasteiger partial charge in [-0.15, -0.1) is 0 Å². The highest BCUT2D eigenvalue weighted by atomic mass is 32.2. The van der Waals surface area contributed by atoms with Crippen molar-refractivity contribution in [3.05, 3.63) is 59.7 Å². The van der Waals surface area contributed by atoms with E-state index < -0.39 is 10.0 Å². The van der Waals surface area contributed by atoms with Crippen LogP contribution in [0, 0.1) is 6.92 Å². The fraction of sp³-hybridized carbons (Fsp3) is 0.435. The second kappa shape index (κ2) is 10.1. The molecule has 6 nitrogen and oxygen atoms in total. The fourth-order valence-corrected chi connectivity index (χ4v) is 5.00. The van der Waals surface area contributed by atoms with E-state index >= 15 is 0 Å². The Bertz CT molecular complexity index is 949. The number of nitrogens with zero attached hydrogens (tertiary/aromatic N) is 1. The molecule has 0 radical (unpaired) electrons. The molecule has 1 atom stereocenters. The Balaban J connectivity index is 1.62. The smallest absolute Gasteiger partial charge is 0.251 e. The minimum atomic E-state index is -3.59. The molecule has 1 heterocycles. The van der Waals surface area contributed by atoms with E-state index in [0.717, 1.165) is 37.0 Å². The Morgan fingerprint density at radius 1 is 1.07 bits per heavy atom. The van der Waals surface area contributed by atoms with Crippen molar-refractivity contribution in [2.45, 2.75) is 50.5 Å². The third-order valence-corrected chi connectivity index (χ3v) is 7.09. The van der Waals surface area contributed by atoms with Crippen LogP contribution in [0.2, 0.25) is 0 Å². The average Bonchev–Trinajstić information content (AvgIpc) is 3.03. The minimum absolute atomic E-state index is 0.167. The molecule has 1 saturated heterocycles. The first kappa shape index (κ1) is 22.3. The second-order valence-corrected chi connectivity index (χ2v) is 9.78. The Kier molecular flexibility index (Phi) is 7.50. The van der Waals surface area contributed by atoms with Crippen LogP contribution in [0.25, 0.3) is 0 Å². The zero-order chi connectivity index (χ0) is 21.6. The van der Waals surface area contributed by atoms with Gasteiger partial charge in [0.05, 0.1) is 10.9 Å². The van der Waals surface area contributed by atoms with Gasteiger partial charge in [0.25, 0.3) is 5.91 Å². The molecule has 30 heavy (non-hydrogen) atoms. The SMILES string of the molecule is Cc1ccc(OC[C@@H](C)NC(=O)c2cccc(S(=O)(=O)N3CCCCCC3)c2)cc1. The molecule has 2 aromatic carbocycles. The summed E-state index contributed by atoms with van der Waals surface area (Å²) in [6.45, 7) is 5.25. The van der Waals surface area contributed by atoms with Gasteiger partial charge in [-0.3, -0.25) is 4.79 Å². The number of amides is 1. The summed E-state index contributed by atoms with van der Waals surface area (Å²) in [6, 6.07) is 13.7. The van der Waals surface area contributed by atoms with Gasteiger partial charge in [-0.1, -0.05) is 36.6 Å². The van der Waals surface area contributed by atoms with Crippen molar-refractivity contribution >= 4 is 15.9 Å². The summed E-state index contributed by atoms with van der Waals surface area (Å²) in [6.07, 6.45) is 3.85. The number of carbonyl (C=O) groups excluding carboxylic acids is 1. The van der Waals surface area contributed by atoms with Crippen LogP contribution in [-0.2, 0) is 10.0 Å². The quantitative estimate of drug-likeness (QED) is 0.726. The topological polar surface area (TPSA) is 75.7 Å². The lowest BCUT2D eigenvalue weighted by molar-refractivity contribution is 0.0926. The number of hydrogen-bond acceptors (Lipinski definition) is 4. The van der Waals surface area contributed by atoms with Gasteiger partial charge in [-0.05, 0) is 57.0 Å². The molecule has 2 aromatic rings. The van der Waals surface area contributed by atoms with Crippen molar-refractivity contribution in [2.24, 2.45) is 0 Å². The number of nitrogens with one attached hydrogen (secondary N) is 1. The van der Waals surface area contributed by atoms with Crippen molar-refractivity contribution < 1.29 is 17.9 Å². The van der Waals surface area contributed by atoms with E-state index in [0.29, 0.717) is 25.3 Å². The Hall–Kier alpha value is -2.38. The van der Waals surface area contributed by atoms with E-state index in [1.165, 1.54) is 10.4 Å². The lowest BCUT2D eigenvalue weighted by atomic mass is 10.2. The summed E-state index contributed by atoms with van der Waals surface area (Å²) in [4.78, 5) is 12.8. The number of hydrogen-bond donors (Lipinski definition) is 1. The van der Waals surface area contributed by atoms with E-state index in [9.17, 15) is 13.2 Å². The molecule has 0 spiro atoms. The number of aryl methyl sites for hydroxylation is 1. The monoisotopic (exact) mass is 430 g/mol. The van der Waals surface area contributed by atoms with Gasteiger partial charge in [0.1, 0.15) is 12.4 Å². The standard InChI is InChI=1S/C23H30N2O4S/c1-18-10-12-21(13-11-18)29-17-19(2)24-23(26)20-8-7-9-22(16-20)30(27,28)25-14-5-3-4-6-15-25/h7-13,16,19H,3-6,14-15,17H2,1-2H3,(H,24,26)/t19-/m1/s1. The van der Waals surface area contributed by atoms with Crippen LogP contribution in [0.5, 0.6) is 5.75 Å². The molecule has 1 fully saturated rings. The number of rotatable bonds is 7. The van der Waals surface area contributed by atoms with Gasteiger partial charge >= 0.3 is 0 Å². The maximum Gasteiger partial charge on any atom is 0.251 e. The molecule has 0 unspecified atom stereocenters. The Labute approximate surface area is 179 Å². The van der Waals surface area contributed by atoms with Gasteiger partial charge in [0.15, 0.2) is 0 Å². The third-order valence-electron chi connectivity index (χ3n) is 5.20. The summed E-state index contributed by atoms with van der Waals surface area (Å²) in [7, 11) is -3.59. The number of ether oxygens (including phenoxy) is 1. The van der Waals surface area contributed by atoms with Crippen molar-refractivity contribution in [1.29, 1.82) is 0 Å². The maximum absolute atomic E-state index is 13.0. The lowest BCUT2D eigenvalue weighted by Gasteiger charge is -2.20. The highest BCUT2D eigenvalue weighted by Crippen LogP contribution is 2.21. The molecule has 1 aliphatic rings. The molecular weight excluding hydrogens is 400 g/mol. The zero-order valence-electron chi connectivity index (χ0n) is 17.6. The van der Waals surface area contributed by atoms with Crippen LogP contribution in [-0.4, -0.2) is 44.4 Å². The van der Waals surface area contributed by atoms with Gasteiger partial charge < -0.3 is 10.1 Å². The molecular formula is C23H30N2O4S. The predicted octanol–water partition coefficient (Wildman–Crippen LogP) is 3.76. The van der Waals surface area contributed by atoms with Gasteiger partial charge in [0, 0.05) is 18.7 Å². The normalized spacial score (nSPS) is 16.5. The van der Waals surface area contributed by atoms with Crippen molar-refractivity contribution in [2.75, 3.05) is 19.7 Å². The van der Waals surface area contributed by atoms with Crippen LogP contribution < -0.4 is 10.1 Å². The number of benzene rings is 2. The average molecular weight is 431 g/mol. The molecule has 3 rings (SSSR count). The van der Waals surface area contributed by atoms with E-state index in [2.05, 4.69) is 5.32 Å². The summed E-state index contributed by atoms with van der Waals surface area (Å²) in [5.41, 5.74) is 1.48. The molecule has 1 amide bonds. The largest absolute Gasteiger partial charge is 0.491 e. The van der Waals surface area contributed by atoms with Crippen LogP contribution in [0.1, 0.15) is 48.5 Å². The lowest BCUT2D eigenvalue weighted by Crippen LogP contribution is -2.37. The first-order valence-corrected chi connectivity index (χ1v) is 11.9. The predicted molar refractivity (Wildman–Crippen MR) is 117 cm³/mol. The summed E-state index contributed by atoms with van der Waals surface area (Å²) < 4.78 is 33.2. The summed E-state index contributed by atoms with van der Waals surface area (Å²) in [5.74, 6) is 0.426. The van der Waals surface area contributed by atoms with E-state index in [4.69, 9.17) is 4.74 Å². The minimum Gasteiger partial charge on any atom is -0.491 e. The Morgan fingerprint density at radius 3 is 2.40 bits per heavy atom. The molecule has 7 heteroatoms. The van der Waals surface area contributed by atoms with Crippen molar-refractivity contribution in [1.82, 2.24) is 9.62 Å². The highest BCUT2D eigenvalue weighted by molar-refractivity contribution is 7.89. The first-order chi connectivity index (χ1) is 14.4. The first-order valence-electron chi connectivity index (χ1n) is 10.5. The second-order valence-electron chi connectivity index (χ2n) is 7.84. The molecule has 1 aliphatic heterocycles. The van der Waals surface area contributed by atoms with E-state index in [-0.39, 0.29) is 16.8 Å². The van der Waals surface area contributed by atoms with Crippen LogP contribution in [0.4, 0.5) is 0 Å².